The Morgan fingerprint density at radius 1 is 0.400 bits per heavy atom. The van der Waals surface area contributed by atoms with E-state index in [4.69, 9.17) is 0 Å². The van der Waals surface area contributed by atoms with Crippen molar-refractivity contribution in [1.29, 1.82) is 0 Å². The molecule has 4 heteroatoms. The van der Waals surface area contributed by atoms with Crippen molar-refractivity contribution in [2.75, 3.05) is 19.8 Å². The van der Waals surface area contributed by atoms with Gasteiger partial charge in [-0.2, -0.15) is 0 Å². The summed E-state index contributed by atoms with van der Waals surface area (Å²) >= 11 is 0. The smallest absolute Gasteiger partial charge is 0.128 e. The third-order valence-electron chi connectivity index (χ3n) is 12.3. The fourth-order valence-corrected chi connectivity index (χ4v) is 8.40. The molecular weight excluding hydrogens is 677 g/mol. The maximum atomic E-state index is 14.4. The molecule has 0 atom stereocenters. The Bertz CT molecular complexity index is 1330. The summed E-state index contributed by atoms with van der Waals surface area (Å²) in [4.78, 5) is 0. The SMILES string of the molecule is CCCCCCCCCc1cc(C(C)(C)C)cc(C(C)(C)C)c1C(O)(c1c(CCCCCCCCC)cc(C(C)(C)C)cc1C(C)(C)C)C(CO)(CO)CO. The maximum Gasteiger partial charge on any atom is 0.128 e. The number of hydrogen-bond donors (Lipinski definition) is 4. The highest BCUT2D eigenvalue weighted by Gasteiger charge is 2.57. The number of rotatable bonds is 22. The van der Waals surface area contributed by atoms with Gasteiger partial charge in [0.25, 0.3) is 0 Å². The van der Waals surface area contributed by atoms with Gasteiger partial charge in [0.1, 0.15) is 5.60 Å². The Kier molecular flexibility index (Phi) is 18.7. The second kappa shape index (κ2) is 20.8. The zero-order valence-corrected chi connectivity index (χ0v) is 38.5. The molecule has 2 aromatic carbocycles. The maximum absolute atomic E-state index is 14.4. The topological polar surface area (TPSA) is 80.9 Å². The largest absolute Gasteiger partial charge is 0.395 e. The Balaban J connectivity index is 3.22. The minimum Gasteiger partial charge on any atom is -0.395 e. The van der Waals surface area contributed by atoms with Crippen LogP contribution >= 0.6 is 0 Å². The van der Waals surface area contributed by atoms with Crippen molar-refractivity contribution in [3.05, 3.63) is 68.8 Å². The lowest BCUT2D eigenvalue weighted by molar-refractivity contribution is -0.138. The van der Waals surface area contributed by atoms with Gasteiger partial charge in [-0.05, 0) is 91.9 Å². The van der Waals surface area contributed by atoms with Crippen molar-refractivity contribution >= 4 is 0 Å². The molecule has 55 heavy (non-hydrogen) atoms. The van der Waals surface area contributed by atoms with Crippen LogP contribution in [0.4, 0.5) is 0 Å². The molecule has 0 aliphatic carbocycles. The van der Waals surface area contributed by atoms with Crippen LogP contribution in [0.2, 0.25) is 0 Å². The van der Waals surface area contributed by atoms with Crippen LogP contribution in [0.15, 0.2) is 24.3 Å². The normalized spacial score (nSPS) is 13.6. The van der Waals surface area contributed by atoms with E-state index in [-0.39, 0.29) is 10.8 Å². The molecular formula is C51H88O4. The van der Waals surface area contributed by atoms with Gasteiger partial charge in [-0.15, -0.1) is 0 Å². The Labute approximate surface area is 340 Å². The van der Waals surface area contributed by atoms with Gasteiger partial charge in [0.2, 0.25) is 0 Å². The minimum atomic E-state index is -1.91. The molecule has 0 aliphatic rings. The molecule has 0 amide bonds. The Morgan fingerprint density at radius 2 is 0.691 bits per heavy atom. The van der Waals surface area contributed by atoms with E-state index in [2.05, 4.69) is 121 Å². The van der Waals surface area contributed by atoms with Gasteiger partial charge in [-0.1, -0.05) is 198 Å². The summed E-state index contributed by atoms with van der Waals surface area (Å²) < 4.78 is 0. The van der Waals surface area contributed by atoms with Crippen molar-refractivity contribution in [1.82, 2.24) is 0 Å². The number of aliphatic hydroxyl groups is 4. The fraction of sp³-hybridized carbons (Fsp3) is 0.765. The first-order valence-corrected chi connectivity index (χ1v) is 22.4. The van der Waals surface area contributed by atoms with E-state index < -0.39 is 41.7 Å². The predicted molar refractivity (Wildman–Crippen MR) is 238 cm³/mol. The molecule has 0 radical (unpaired) electrons. The fourth-order valence-electron chi connectivity index (χ4n) is 8.40. The first kappa shape index (κ1) is 49.4. The van der Waals surface area contributed by atoms with Crippen LogP contribution in [0.1, 0.15) is 231 Å². The van der Waals surface area contributed by atoms with Gasteiger partial charge >= 0.3 is 0 Å². The summed E-state index contributed by atoms with van der Waals surface area (Å²) in [6.07, 6.45) is 18.1. The van der Waals surface area contributed by atoms with Crippen LogP contribution in [-0.2, 0) is 40.1 Å². The van der Waals surface area contributed by atoms with Crippen LogP contribution in [0.3, 0.4) is 0 Å². The van der Waals surface area contributed by atoms with E-state index in [0.717, 1.165) is 71.9 Å². The van der Waals surface area contributed by atoms with E-state index in [1.54, 1.807) is 0 Å². The van der Waals surface area contributed by atoms with Crippen molar-refractivity contribution in [2.24, 2.45) is 5.41 Å². The standard InChI is InChI=1S/C51H88O4/c1-15-17-19-21-23-25-27-29-38-31-40(46(3,4)5)33-42(48(9,10)11)44(38)51(55,50(35-52,36-53)37-54)45-39(30-28-26-24-22-20-18-16-2)32-41(47(6,7)8)34-43(45)49(12,13)14/h31-34,52-55H,15-30,35-37H2,1-14H3. The molecule has 4 N–H and O–H groups in total. The van der Waals surface area contributed by atoms with Gasteiger partial charge < -0.3 is 20.4 Å². The molecule has 0 saturated heterocycles. The van der Waals surface area contributed by atoms with E-state index in [0.29, 0.717) is 0 Å². The van der Waals surface area contributed by atoms with Gasteiger partial charge in [0.15, 0.2) is 0 Å². The second-order valence-corrected chi connectivity index (χ2v) is 21.3. The quantitative estimate of drug-likeness (QED) is 0.0900. The van der Waals surface area contributed by atoms with Crippen molar-refractivity contribution in [3.8, 4) is 0 Å². The highest BCUT2D eigenvalue weighted by Crippen LogP contribution is 2.54. The highest BCUT2D eigenvalue weighted by atomic mass is 16.3. The van der Waals surface area contributed by atoms with Gasteiger partial charge in [0.05, 0.1) is 25.2 Å². The summed E-state index contributed by atoms with van der Waals surface area (Å²) in [6, 6.07) is 9.17. The summed E-state index contributed by atoms with van der Waals surface area (Å²) in [5.74, 6) is 0. The first-order valence-electron chi connectivity index (χ1n) is 22.4. The summed E-state index contributed by atoms with van der Waals surface area (Å²) in [7, 11) is 0. The van der Waals surface area contributed by atoms with Crippen LogP contribution in [0.25, 0.3) is 0 Å². The van der Waals surface area contributed by atoms with E-state index in [1.165, 1.54) is 75.3 Å². The van der Waals surface area contributed by atoms with E-state index in [9.17, 15) is 20.4 Å². The van der Waals surface area contributed by atoms with E-state index in [1.807, 2.05) is 0 Å². The lowest BCUT2D eigenvalue weighted by atomic mass is 9.58. The number of aliphatic hydroxyl groups excluding tert-OH is 3. The molecule has 4 nitrogen and oxygen atoms in total. The molecule has 316 valence electrons. The Hall–Kier alpha value is -1.72. The monoisotopic (exact) mass is 765 g/mol. The number of benzene rings is 2. The zero-order valence-electron chi connectivity index (χ0n) is 38.5. The average Bonchev–Trinajstić information content (AvgIpc) is 3.09. The number of unbranched alkanes of at least 4 members (excludes halogenated alkanes) is 12. The molecule has 0 unspecified atom stereocenters. The third-order valence-corrected chi connectivity index (χ3v) is 12.3. The van der Waals surface area contributed by atoms with Gasteiger partial charge in [0, 0.05) is 0 Å². The van der Waals surface area contributed by atoms with Crippen LogP contribution in [0.5, 0.6) is 0 Å². The second-order valence-electron chi connectivity index (χ2n) is 21.3. The molecule has 0 bridgehead atoms. The van der Waals surface area contributed by atoms with Crippen LogP contribution in [-0.4, -0.2) is 40.2 Å². The Morgan fingerprint density at radius 3 is 0.945 bits per heavy atom. The molecule has 0 aliphatic heterocycles. The highest BCUT2D eigenvalue weighted by molar-refractivity contribution is 5.59. The lowest BCUT2D eigenvalue weighted by Crippen LogP contribution is -2.56. The molecule has 0 heterocycles. The van der Waals surface area contributed by atoms with E-state index >= 15 is 0 Å². The number of aryl methyl sites for hydroxylation is 2. The molecule has 0 aromatic heterocycles. The predicted octanol–water partition coefficient (Wildman–Crippen LogP) is 12.7. The minimum absolute atomic E-state index is 0.138. The third kappa shape index (κ3) is 12.6. The molecule has 2 rings (SSSR count). The van der Waals surface area contributed by atoms with Crippen LogP contribution in [0, 0.1) is 5.41 Å². The average molecular weight is 765 g/mol. The summed E-state index contributed by atoms with van der Waals surface area (Å²) in [5, 5.41) is 49.0. The van der Waals surface area contributed by atoms with Crippen molar-refractivity contribution in [3.63, 3.8) is 0 Å². The lowest BCUT2D eigenvalue weighted by Gasteiger charge is -2.50. The zero-order chi connectivity index (χ0) is 41.9. The van der Waals surface area contributed by atoms with Crippen molar-refractivity contribution in [2.45, 2.75) is 227 Å². The molecule has 0 spiro atoms. The summed E-state index contributed by atoms with van der Waals surface area (Å²) in [5.41, 5.74) is 3.50. The van der Waals surface area contributed by atoms with Gasteiger partial charge in [-0.25, -0.2) is 0 Å². The molecule has 0 saturated carbocycles. The molecule has 2 aromatic rings. The number of hydrogen-bond acceptors (Lipinski definition) is 4. The van der Waals surface area contributed by atoms with Gasteiger partial charge in [-0.3, -0.25) is 0 Å². The van der Waals surface area contributed by atoms with Crippen LogP contribution < -0.4 is 0 Å². The molecule has 0 fully saturated rings. The summed E-state index contributed by atoms with van der Waals surface area (Å²) in [6.45, 7) is 29.6. The van der Waals surface area contributed by atoms with Crippen molar-refractivity contribution < 1.29 is 20.4 Å². The first-order chi connectivity index (χ1) is 25.5.